The van der Waals surface area contributed by atoms with Gasteiger partial charge in [0.25, 0.3) is 11.4 Å². The van der Waals surface area contributed by atoms with E-state index in [-0.39, 0.29) is 32.3 Å². The zero-order valence-corrected chi connectivity index (χ0v) is 16.5. The first-order valence-electron chi connectivity index (χ1n) is 9.10. The van der Waals surface area contributed by atoms with E-state index in [2.05, 4.69) is 32.3 Å². The minimum absolute atomic E-state index is 0.0818. The van der Waals surface area contributed by atoms with Gasteiger partial charge >= 0.3 is 0 Å². The van der Waals surface area contributed by atoms with Gasteiger partial charge in [-0.2, -0.15) is 0 Å². The molecule has 3 aromatic rings. The van der Waals surface area contributed by atoms with E-state index in [9.17, 15) is 20.2 Å². The standard InChI is InChI=1S/C20H24N4O4/c1-19(2,21-11-8-17(14-21)24(27)28)9-10-20(3,4)22-12-7-15-13-16(23(25)26)5-6-18(15)22/h5-8,11-14H,9-10H2,1-4H3. The second-order valence-electron chi connectivity index (χ2n) is 8.34. The number of benzene rings is 1. The molecule has 2 aromatic heterocycles. The second-order valence-corrected chi connectivity index (χ2v) is 8.34. The molecule has 0 atom stereocenters. The Morgan fingerprint density at radius 1 is 0.857 bits per heavy atom. The molecule has 148 valence electrons. The average Bonchev–Trinajstić information content (AvgIpc) is 3.27. The number of non-ortho nitro benzene ring substituents is 1. The van der Waals surface area contributed by atoms with Crippen molar-refractivity contribution in [1.29, 1.82) is 0 Å². The van der Waals surface area contributed by atoms with Gasteiger partial charge in [-0.15, -0.1) is 0 Å². The van der Waals surface area contributed by atoms with E-state index < -0.39 is 0 Å². The third kappa shape index (κ3) is 3.62. The van der Waals surface area contributed by atoms with Crippen molar-refractivity contribution >= 4 is 22.3 Å². The fourth-order valence-corrected chi connectivity index (χ4v) is 3.50. The molecule has 2 heterocycles. The SMILES string of the molecule is CC(C)(CCC(C)(C)n1ccc2cc([N+](=O)[O-])ccc21)n1ccc([N+](=O)[O-])c1. The third-order valence-corrected chi connectivity index (χ3v) is 5.47. The largest absolute Gasteiger partial charge is 0.343 e. The summed E-state index contributed by atoms with van der Waals surface area (Å²) >= 11 is 0. The summed E-state index contributed by atoms with van der Waals surface area (Å²) in [6.07, 6.45) is 6.90. The van der Waals surface area contributed by atoms with Gasteiger partial charge in [0.05, 0.1) is 16.0 Å². The van der Waals surface area contributed by atoms with Crippen LogP contribution in [0.15, 0.2) is 48.9 Å². The maximum absolute atomic E-state index is 11.0. The van der Waals surface area contributed by atoms with E-state index >= 15 is 0 Å². The Morgan fingerprint density at radius 2 is 1.50 bits per heavy atom. The molecule has 0 aliphatic rings. The first-order valence-corrected chi connectivity index (χ1v) is 9.10. The molecule has 0 unspecified atom stereocenters. The summed E-state index contributed by atoms with van der Waals surface area (Å²) < 4.78 is 4.03. The highest BCUT2D eigenvalue weighted by Crippen LogP contribution is 2.34. The van der Waals surface area contributed by atoms with Crippen LogP contribution >= 0.6 is 0 Å². The number of nitro benzene ring substituents is 1. The topological polar surface area (TPSA) is 96.1 Å². The van der Waals surface area contributed by atoms with Crippen molar-refractivity contribution < 1.29 is 9.85 Å². The number of aromatic nitrogens is 2. The van der Waals surface area contributed by atoms with Crippen LogP contribution < -0.4 is 0 Å². The Hall–Kier alpha value is -3.16. The summed E-state index contributed by atoms with van der Waals surface area (Å²) in [4.78, 5) is 21.2. The Kier molecular flexibility index (Phi) is 4.74. The molecular weight excluding hydrogens is 360 g/mol. The predicted octanol–water partition coefficient (Wildman–Crippen LogP) is 5.21. The van der Waals surface area contributed by atoms with Crippen LogP contribution in [0.1, 0.15) is 40.5 Å². The van der Waals surface area contributed by atoms with Gasteiger partial charge in [0.2, 0.25) is 0 Å². The second kappa shape index (κ2) is 6.78. The number of nitrogens with zero attached hydrogens (tertiary/aromatic N) is 4. The smallest absolute Gasteiger partial charge is 0.286 e. The monoisotopic (exact) mass is 384 g/mol. The molecule has 0 saturated carbocycles. The summed E-state index contributed by atoms with van der Waals surface area (Å²) in [6.45, 7) is 8.37. The highest BCUT2D eigenvalue weighted by atomic mass is 16.6. The highest BCUT2D eigenvalue weighted by Gasteiger charge is 2.28. The quantitative estimate of drug-likeness (QED) is 0.412. The summed E-state index contributed by atoms with van der Waals surface area (Å²) in [5.41, 5.74) is 0.607. The molecule has 0 aliphatic carbocycles. The fraction of sp³-hybridized carbons (Fsp3) is 0.400. The van der Waals surface area contributed by atoms with Crippen molar-refractivity contribution in [1.82, 2.24) is 9.13 Å². The minimum atomic E-state index is -0.388. The molecule has 8 heteroatoms. The number of nitro groups is 2. The Labute approximate surface area is 162 Å². The van der Waals surface area contributed by atoms with Crippen molar-refractivity contribution in [2.45, 2.75) is 51.6 Å². The molecule has 0 N–H and O–H groups in total. The van der Waals surface area contributed by atoms with E-state index in [0.29, 0.717) is 0 Å². The van der Waals surface area contributed by atoms with Crippen LogP contribution in [0.3, 0.4) is 0 Å². The van der Waals surface area contributed by atoms with Gasteiger partial charge in [-0.05, 0) is 52.7 Å². The zero-order valence-electron chi connectivity index (χ0n) is 16.5. The lowest BCUT2D eigenvalue weighted by molar-refractivity contribution is -0.385. The Balaban J connectivity index is 1.82. The average molecular weight is 384 g/mol. The molecule has 1 aromatic carbocycles. The van der Waals surface area contributed by atoms with E-state index in [0.717, 1.165) is 23.7 Å². The van der Waals surface area contributed by atoms with Gasteiger partial charge in [0, 0.05) is 52.6 Å². The number of hydrogen-bond acceptors (Lipinski definition) is 4. The fourth-order valence-electron chi connectivity index (χ4n) is 3.50. The van der Waals surface area contributed by atoms with E-state index in [1.54, 1.807) is 24.5 Å². The molecule has 0 radical (unpaired) electrons. The van der Waals surface area contributed by atoms with Crippen molar-refractivity contribution in [3.63, 3.8) is 0 Å². The molecule has 0 fully saturated rings. The van der Waals surface area contributed by atoms with Gasteiger partial charge in [-0.1, -0.05) is 0 Å². The maximum Gasteiger partial charge on any atom is 0.286 e. The van der Waals surface area contributed by atoms with Gasteiger partial charge in [0.15, 0.2) is 0 Å². The number of fused-ring (bicyclic) bond motifs is 1. The normalized spacial score (nSPS) is 12.4. The van der Waals surface area contributed by atoms with Crippen molar-refractivity contribution in [2.24, 2.45) is 0 Å². The van der Waals surface area contributed by atoms with E-state index in [1.807, 2.05) is 16.8 Å². The molecule has 0 spiro atoms. The van der Waals surface area contributed by atoms with Crippen LogP contribution in [0.4, 0.5) is 11.4 Å². The lowest BCUT2D eigenvalue weighted by Crippen LogP contribution is -2.31. The zero-order chi connectivity index (χ0) is 20.7. The van der Waals surface area contributed by atoms with Gasteiger partial charge in [0.1, 0.15) is 0 Å². The predicted molar refractivity (Wildman–Crippen MR) is 108 cm³/mol. The number of rotatable bonds is 7. The van der Waals surface area contributed by atoms with Crippen LogP contribution in [0.5, 0.6) is 0 Å². The van der Waals surface area contributed by atoms with Crippen LogP contribution in [-0.2, 0) is 11.1 Å². The van der Waals surface area contributed by atoms with Gasteiger partial charge < -0.3 is 9.13 Å². The molecular formula is C20H24N4O4. The van der Waals surface area contributed by atoms with E-state index in [1.165, 1.54) is 12.1 Å². The van der Waals surface area contributed by atoms with Crippen LogP contribution in [0.2, 0.25) is 0 Å². The lowest BCUT2D eigenvalue weighted by atomic mass is 9.89. The summed E-state index contributed by atoms with van der Waals surface area (Å²) in [6, 6.07) is 8.31. The Morgan fingerprint density at radius 3 is 2.11 bits per heavy atom. The van der Waals surface area contributed by atoms with Crippen LogP contribution in [0, 0.1) is 20.2 Å². The molecule has 0 saturated heterocycles. The van der Waals surface area contributed by atoms with Crippen molar-refractivity contribution in [3.8, 4) is 0 Å². The lowest BCUT2D eigenvalue weighted by Gasteiger charge is -2.34. The Bertz CT molecular complexity index is 1050. The first kappa shape index (κ1) is 19.6. The maximum atomic E-state index is 11.0. The van der Waals surface area contributed by atoms with Crippen LogP contribution in [0.25, 0.3) is 10.9 Å². The van der Waals surface area contributed by atoms with Gasteiger partial charge in [-0.3, -0.25) is 20.2 Å². The third-order valence-electron chi connectivity index (χ3n) is 5.47. The molecule has 0 aliphatic heterocycles. The summed E-state index contributed by atoms with van der Waals surface area (Å²) in [5.74, 6) is 0. The minimum Gasteiger partial charge on any atom is -0.343 e. The molecule has 3 rings (SSSR count). The first-order chi connectivity index (χ1) is 13.0. The molecule has 28 heavy (non-hydrogen) atoms. The summed E-state index contributed by atoms with van der Waals surface area (Å²) in [5, 5.41) is 22.8. The number of hydrogen-bond donors (Lipinski definition) is 0. The van der Waals surface area contributed by atoms with Crippen molar-refractivity contribution in [3.05, 3.63) is 69.2 Å². The van der Waals surface area contributed by atoms with Gasteiger partial charge in [-0.25, -0.2) is 0 Å². The van der Waals surface area contributed by atoms with Crippen molar-refractivity contribution in [2.75, 3.05) is 0 Å². The molecule has 8 nitrogen and oxygen atoms in total. The highest BCUT2D eigenvalue weighted by molar-refractivity contribution is 5.82. The molecule has 0 bridgehead atoms. The molecule has 0 amide bonds. The van der Waals surface area contributed by atoms with Crippen LogP contribution in [-0.4, -0.2) is 19.0 Å². The summed E-state index contributed by atoms with van der Waals surface area (Å²) in [7, 11) is 0. The van der Waals surface area contributed by atoms with E-state index in [4.69, 9.17) is 0 Å².